The van der Waals surface area contributed by atoms with Crippen molar-refractivity contribution >= 4 is 0 Å². The molecule has 3 aromatic rings. The second-order valence-electron chi connectivity index (χ2n) is 5.41. The molecule has 0 radical (unpaired) electrons. The maximum atomic E-state index is 2.20. The van der Waals surface area contributed by atoms with E-state index < -0.39 is 0 Å². The molecule has 0 bridgehead atoms. The molecule has 2 nitrogen and oxygen atoms in total. The molecule has 0 fully saturated rings. The summed E-state index contributed by atoms with van der Waals surface area (Å²) in [5.74, 6) is 0. The van der Waals surface area contributed by atoms with Gasteiger partial charge in [0.15, 0.2) is 24.8 Å². The minimum absolute atomic E-state index is 1.00. The van der Waals surface area contributed by atoms with Gasteiger partial charge in [0.2, 0.25) is 0 Å². The fraction of sp³-hybridized carbons (Fsp3) is 0.200. The molecule has 0 saturated heterocycles. The van der Waals surface area contributed by atoms with Crippen LogP contribution in [-0.4, -0.2) is 0 Å². The molecule has 0 aliphatic heterocycles. The highest BCUT2D eigenvalue weighted by atomic mass is 14.9. The third-order valence-corrected chi connectivity index (χ3v) is 4.06. The molecule has 2 heterocycles. The highest BCUT2D eigenvalue weighted by Gasteiger charge is 2.04. The van der Waals surface area contributed by atoms with Crippen LogP contribution in [0.2, 0.25) is 0 Å². The Hall–Kier alpha value is -2.48. The summed E-state index contributed by atoms with van der Waals surface area (Å²) >= 11 is 0. The molecule has 0 atom stereocenters. The first kappa shape index (κ1) is 14.5. The van der Waals surface area contributed by atoms with Crippen molar-refractivity contribution in [2.75, 3.05) is 0 Å². The van der Waals surface area contributed by atoms with E-state index in [0.29, 0.717) is 0 Å². The van der Waals surface area contributed by atoms with E-state index >= 15 is 0 Å². The SMILES string of the molecule is CC[n+]1ccc(-c2ccc(-c3cc[n+](CC)cc3)cc2)cc1. The van der Waals surface area contributed by atoms with Crippen molar-refractivity contribution in [3.8, 4) is 22.3 Å². The summed E-state index contributed by atoms with van der Waals surface area (Å²) in [5, 5.41) is 0. The first-order valence-electron chi connectivity index (χ1n) is 7.89. The third kappa shape index (κ3) is 3.06. The van der Waals surface area contributed by atoms with Gasteiger partial charge in [0.25, 0.3) is 0 Å². The van der Waals surface area contributed by atoms with E-state index in [-0.39, 0.29) is 0 Å². The van der Waals surface area contributed by atoms with Crippen LogP contribution < -0.4 is 9.13 Å². The van der Waals surface area contributed by atoms with Gasteiger partial charge in [-0.1, -0.05) is 24.3 Å². The molecule has 0 spiro atoms. The topological polar surface area (TPSA) is 7.76 Å². The molecule has 0 aliphatic carbocycles. The van der Waals surface area contributed by atoms with E-state index in [4.69, 9.17) is 0 Å². The quantitative estimate of drug-likeness (QED) is 0.648. The zero-order valence-corrected chi connectivity index (χ0v) is 13.2. The third-order valence-electron chi connectivity index (χ3n) is 4.06. The van der Waals surface area contributed by atoms with E-state index in [0.717, 1.165) is 13.1 Å². The number of aromatic nitrogens is 2. The molecule has 1 aromatic carbocycles. The lowest BCUT2D eigenvalue weighted by molar-refractivity contribution is -0.693. The number of nitrogens with zero attached hydrogens (tertiary/aromatic N) is 2. The molecule has 3 rings (SSSR count). The van der Waals surface area contributed by atoms with Gasteiger partial charge in [0, 0.05) is 24.3 Å². The van der Waals surface area contributed by atoms with Crippen LogP contribution in [0.15, 0.2) is 73.3 Å². The second-order valence-corrected chi connectivity index (χ2v) is 5.41. The number of hydrogen-bond donors (Lipinski definition) is 0. The maximum absolute atomic E-state index is 2.20. The van der Waals surface area contributed by atoms with Gasteiger partial charge < -0.3 is 0 Å². The Morgan fingerprint density at radius 1 is 0.500 bits per heavy atom. The Morgan fingerprint density at radius 3 is 1.05 bits per heavy atom. The molecule has 0 unspecified atom stereocenters. The lowest BCUT2D eigenvalue weighted by Gasteiger charge is -2.04. The summed E-state index contributed by atoms with van der Waals surface area (Å²) in [6.45, 7) is 6.31. The van der Waals surface area contributed by atoms with Gasteiger partial charge in [0.05, 0.1) is 0 Å². The fourth-order valence-electron chi connectivity index (χ4n) is 2.58. The van der Waals surface area contributed by atoms with E-state index in [1.807, 2.05) is 0 Å². The minimum Gasteiger partial charge on any atom is -0.205 e. The Kier molecular flexibility index (Phi) is 4.29. The van der Waals surface area contributed by atoms with Gasteiger partial charge in [-0.25, -0.2) is 9.13 Å². The normalized spacial score (nSPS) is 10.6. The predicted molar refractivity (Wildman–Crippen MR) is 89.1 cm³/mol. The minimum atomic E-state index is 1.00. The van der Waals surface area contributed by atoms with E-state index in [1.54, 1.807) is 0 Å². The van der Waals surface area contributed by atoms with Crippen molar-refractivity contribution in [3.05, 3.63) is 73.3 Å². The van der Waals surface area contributed by atoms with Crippen LogP contribution in [0.4, 0.5) is 0 Å². The average Bonchev–Trinajstić information content (AvgIpc) is 2.62. The van der Waals surface area contributed by atoms with Crippen molar-refractivity contribution in [3.63, 3.8) is 0 Å². The molecule has 0 saturated carbocycles. The number of rotatable bonds is 4. The monoisotopic (exact) mass is 290 g/mol. The van der Waals surface area contributed by atoms with Crippen molar-refractivity contribution in [1.29, 1.82) is 0 Å². The molecule has 0 aliphatic rings. The van der Waals surface area contributed by atoms with Crippen LogP contribution >= 0.6 is 0 Å². The number of pyridine rings is 2. The van der Waals surface area contributed by atoms with Crippen LogP contribution in [-0.2, 0) is 13.1 Å². The molecular formula is C20H22N2+2. The molecule has 22 heavy (non-hydrogen) atoms. The number of benzene rings is 1. The standard InChI is InChI=1S/C20H22N2/c1-3-21-13-9-19(10-14-21)17-5-7-18(8-6-17)20-11-15-22(4-2)16-12-20/h5-16H,3-4H2,1-2H3/q+2. The second kappa shape index (κ2) is 6.52. The van der Waals surface area contributed by atoms with Crippen LogP contribution in [0.3, 0.4) is 0 Å². The zero-order valence-electron chi connectivity index (χ0n) is 13.2. The number of aryl methyl sites for hydroxylation is 2. The summed E-state index contributed by atoms with van der Waals surface area (Å²) in [4.78, 5) is 0. The van der Waals surface area contributed by atoms with Crippen LogP contribution in [0.1, 0.15) is 13.8 Å². The lowest BCUT2D eigenvalue weighted by atomic mass is 10.0. The van der Waals surface area contributed by atoms with Gasteiger partial charge in [-0.05, 0) is 36.1 Å². The van der Waals surface area contributed by atoms with E-state index in [1.165, 1.54) is 22.3 Å². The molecule has 2 aromatic heterocycles. The van der Waals surface area contributed by atoms with Crippen molar-refractivity contribution in [2.24, 2.45) is 0 Å². The first-order chi connectivity index (χ1) is 10.8. The van der Waals surface area contributed by atoms with Crippen LogP contribution in [0.5, 0.6) is 0 Å². The maximum Gasteiger partial charge on any atom is 0.169 e. The van der Waals surface area contributed by atoms with E-state index in [2.05, 4.69) is 96.3 Å². The van der Waals surface area contributed by atoms with Gasteiger partial charge >= 0.3 is 0 Å². The summed E-state index contributed by atoms with van der Waals surface area (Å²) < 4.78 is 4.34. The average molecular weight is 290 g/mol. The Labute approximate surface area is 132 Å². The van der Waals surface area contributed by atoms with Crippen molar-refractivity contribution < 1.29 is 9.13 Å². The molecule has 0 N–H and O–H groups in total. The molecular weight excluding hydrogens is 268 g/mol. The summed E-state index contributed by atoms with van der Waals surface area (Å²) in [6, 6.07) is 17.5. The number of hydrogen-bond acceptors (Lipinski definition) is 0. The van der Waals surface area contributed by atoms with Crippen molar-refractivity contribution in [2.45, 2.75) is 26.9 Å². The van der Waals surface area contributed by atoms with Gasteiger partial charge in [-0.3, -0.25) is 0 Å². The predicted octanol–water partition coefficient (Wildman–Crippen LogP) is 3.64. The van der Waals surface area contributed by atoms with Crippen LogP contribution in [0.25, 0.3) is 22.3 Å². The molecule has 110 valence electrons. The molecule has 2 heteroatoms. The van der Waals surface area contributed by atoms with Crippen molar-refractivity contribution in [1.82, 2.24) is 0 Å². The lowest BCUT2D eigenvalue weighted by Crippen LogP contribution is -2.30. The Bertz CT molecular complexity index is 660. The summed E-state index contributed by atoms with van der Waals surface area (Å²) in [6.07, 6.45) is 8.52. The highest BCUT2D eigenvalue weighted by Crippen LogP contribution is 2.23. The zero-order chi connectivity index (χ0) is 15.4. The van der Waals surface area contributed by atoms with Crippen LogP contribution in [0, 0.1) is 0 Å². The molecule has 0 amide bonds. The van der Waals surface area contributed by atoms with Gasteiger partial charge in [-0.2, -0.15) is 0 Å². The fourth-order valence-corrected chi connectivity index (χ4v) is 2.58. The van der Waals surface area contributed by atoms with Gasteiger partial charge in [0.1, 0.15) is 13.1 Å². The largest absolute Gasteiger partial charge is 0.205 e. The smallest absolute Gasteiger partial charge is 0.169 e. The highest BCUT2D eigenvalue weighted by molar-refractivity contribution is 5.69. The Balaban J connectivity index is 1.84. The first-order valence-corrected chi connectivity index (χ1v) is 7.89. The van der Waals surface area contributed by atoms with E-state index in [9.17, 15) is 0 Å². The van der Waals surface area contributed by atoms with Gasteiger partial charge in [-0.15, -0.1) is 0 Å². The summed E-state index contributed by atoms with van der Waals surface area (Å²) in [7, 11) is 0. The summed E-state index contributed by atoms with van der Waals surface area (Å²) in [5.41, 5.74) is 5.03. The Morgan fingerprint density at radius 2 is 0.773 bits per heavy atom.